The van der Waals surface area contributed by atoms with Crippen molar-refractivity contribution in [2.75, 3.05) is 6.61 Å². The quantitative estimate of drug-likeness (QED) is 0.314. The van der Waals surface area contributed by atoms with Gasteiger partial charge in [-0.2, -0.15) is 0 Å². The average molecular weight is 617 g/mol. The summed E-state index contributed by atoms with van der Waals surface area (Å²) in [6.07, 6.45) is 6.05. The molecule has 1 heterocycles. The molecule has 5 fully saturated rings. The summed E-state index contributed by atoms with van der Waals surface area (Å²) >= 11 is 0. The maximum atomic E-state index is 14.6. The van der Waals surface area contributed by atoms with Gasteiger partial charge in [-0.15, -0.1) is 0 Å². The fraction of sp³-hybridized carbons (Fsp3) is 0.889. The van der Waals surface area contributed by atoms with Crippen LogP contribution >= 0.6 is 0 Å². The molecule has 1 aliphatic heterocycles. The molecule has 0 radical (unpaired) electrons. The molecule has 6 aliphatic rings. The van der Waals surface area contributed by atoms with E-state index in [9.17, 15) is 30.0 Å². The number of fused-ring (bicyclic) bond motifs is 7. The molecule has 5 aliphatic carbocycles. The van der Waals surface area contributed by atoms with Gasteiger partial charge in [0.15, 0.2) is 12.1 Å². The van der Waals surface area contributed by atoms with Gasteiger partial charge >= 0.3 is 5.97 Å². The van der Waals surface area contributed by atoms with E-state index in [-0.39, 0.29) is 69.7 Å². The van der Waals surface area contributed by atoms with Crippen molar-refractivity contribution in [3.05, 3.63) is 11.6 Å². The van der Waals surface area contributed by atoms with Crippen LogP contribution in [-0.4, -0.2) is 69.5 Å². The first kappa shape index (κ1) is 32.6. The third-order valence-electron chi connectivity index (χ3n) is 15.1. The second-order valence-corrected chi connectivity index (χ2v) is 17.6. The number of carbonyl (C=O) groups is 2. The SMILES string of the molecule is CC1(C)[C@@H](O[C@@H]2C[C@H](O)[C@H](O)[C@H](CO)O2)CC[C@@]2(C)[C@H]1CC[C@]1(C)[C@H]2C(=O)C=C2[C@@H]3C[C@@](C)(C(=O)O)CC[C@]3(C)CC[C@]21C. The number of carboxylic acid groups (broad SMARTS) is 1. The highest BCUT2D eigenvalue weighted by atomic mass is 16.7. The molecule has 248 valence electrons. The Kier molecular flexibility index (Phi) is 7.66. The van der Waals surface area contributed by atoms with E-state index in [4.69, 9.17) is 9.47 Å². The average Bonchev–Trinajstić information content (AvgIpc) is 2.94. The van der Waals surface area contributed by atoms with E-state index in [2.05, 4.69) is 41.5 Å². The van der Waals surface area contributed by atoms with E-state index in [1.807, 2.05) is 13.0 Å². The van der Waals surface area contributed by atoms with Crippen LogP contribution < -0.4 is 0 Å². The number of carboxylic acids is 1. The second-order valence-electron chi connectivity index (χ2n) is 17.6. The van der Waals surface area contributed by atoms with Crippen LogP contribution in [0.2, 0.25) is 0 Å². The number of rotatable bonds is 4. The molecular formula is C36H56O8. The predicted molar refractivity (Wildman–Crippen MR) is 164 cm³/mol. The molecule has 4 saturated carbocycles. The lowest BCUT2D eigenvalue weighted by Crippen LogP contribution is -2.67. The molecule has 1 saturated heterocycles. The zero-order chi connectivity index (χ0) is 32.3. The zero-order valence-corrected chi connectivity index (χ0v) is 27.9. The number of hydrogen-bond acceptors (Lipinski definition) is 7. The summed E-state index contributed by atoms with van der Waals surface area (Å²) in [5, 5.41) is 40.4. The fourth-order valence-electron chi connectivity index (χ4n) is 11.9. The second kappa shape index (κ2) is 10.3. The van der Waals surface area contributed by atoms with E-state index < -0.39 is 36.0 Å². The van der Waals surface area contributed by atoms with Crippen LogP contribution in [0.1, 0.15) is 113 Å². The van der Waals surface area contributed by atoms with E-state index >= 15 is 0 Å². The van der Waals surface area contributed by atoms with Crippen LogP contribution in [0.15, 0.2) is 11.6 Å². The number of carbonyl (C=O) groups excluding carboxylic acids is 1. The molecule has 0 aromatic rings. The minimum Gasteiger partial charge on any atom is -0.481 e. The molecule has 0 spiro atoms. The Labute approximate surface area is 263 Å². The number of allylic oxidation sites excluding steroid dienone is 2. The van der Waals surface area contributed by atoms with Gasteiger partial charge in [-0.3, -0.25) is 9.59 Å². The molecule has 0 aromatic carbocycles. The topological polar surface area (TPSA) is 134 Å². The lowest BCUT2D eigenvalue weighted by atomic mass is 9.33. The molecule has 8 nitrogen and oxygen atoms in total. The summed E-state index contributed by atoms with van der Waals surface area (Å²) in [5.41, 5.74) is -0.373. The first-order valence-electron chi connectivity index (χ1n) is 17.1. The molecule has 0 bridgehead atoms. The number of hydrogen-bond donors (Lipinski definition) is 4. The maximum Gasteiger partial charge on any atom is 0.309 e. The first-order valence-corrected chi connectivity index (χ1v) is 17.1. The standard InChI is InChI=1S/C36H56O8/c1-31(2)25-8-11-36(7)29(34(25,5)10-9-26(31)44-27-17-22(38)28(40)24(19-37)43-27)23(39)16-20-21-18-33(4,30(41)42)13-12-32(21,3)14-15-35(20,36)6/h16,21-22,24-29,37-38,40H,8-15,17-19H2,1-7H3,(H,41,42)/t21-,22-,24-,25-,26-,27+,28-,29-,32+,33-,34-,35+,36+/m0/s1. The van der Waals surface area contributed by atoms with E-state index in [0.29, 0.717) is 12.8 Å². The highest BCUT2D eigenvalue weighted by Crippen LogP contribution is 2.75. The van der Waals surface area contributed by atoms with E-state index in [1.54, 1.807) is 0 Å². The van der Waals surface area contributed by atoms with Crippen molar-refractivity contribution in [2.45, 2.75) is 143 Å². The van der Waals surface area contributed by atoms with Gasteiger partial charge in [0.2, 0.25) is 0 Å². The number of aliphatic carboxylic acids is 1. The Morgan fingerprint density at radius 2 is 1.66 bits per heavy atom. The monoisotopic (exact) mass is 616 g/mol. The van der Waals surface area contributed by atoms with Crippen molar-refractivity contribution in [2.24, 2.45) is 50.2 Å². The number of aliphatic hydroxyl groups excluding tert-OH is 3. The first-order chi connectivity index (χ1) is 20.4. The van der Waals surface area contributed by atoms with Crippen molar-refractivity contribution >= 4 is 11.8 Å². The maximum absolute atomic E-state index is 14.6. The van der Waals surface area contributed by atoms with Gasteiger partial charge in [0.25, 0.3) is 0 Å². The van der Waals surface area contributed by atoms with Gasteiger partial charge in [-0.05, 0) is 110 Å². The van der Waals surface area contributed by atoms with Crippen LogP contribution in [0.25, 0.3) is 0 Å². The molecule has 0 amide bonds. The number of aliphatic hydroxyl groups is 3. The summed E-state index contributed by atoms with van der Waals surface area (Å²) < 4.78 is 12.4. The lowest BCUT2D eigenvalue weighted by Gasteiger charge is -2.70. The number of ketones is 1. The van der Waals surface area contributed by atoms with Gasteiger partial charge < -0.3 is 29.9 Å². The molecule has 6 rings (SSSR count). The normalized spacial score (nSPS) is 53.4. The Morgan fingerprint density at radius 3 is 2.32 bits per heavy atom. The molecule has 4 N–H and O–H groups in total. The van der Waals surface area contributed by atoms with Gasteiger partial charge in [-0.1, -0.05) is 47.1 Å². The third-order valence-corrected chi connectivity index (χ3v) is 15.1. The van der Waals surface area contributed by atoms with Crippen LogP contribution in [-0.2, 0) is 19.1 Å². The summed E-state index contributed by atoms with van der Waals surface area (Å²) in [4.78, 5) is 27.0. The molecular weight excluding hydrogens is 560 g/mol. The summed E-state index contributed by atoms with van der Waals surface area (Å²) in [5.74, 6) is -0.267. The van der Waals surface area contributed by atoms with Crippen molar-refractivity contribution in [1.29, 1.82) is 0 Å². The highest BCUT2D eigenvalue weighted by molar-refractivity contribution is 5.95. The summed E-state index contributed by atoms with van der Waals surface area (Å²) in [6.45, 7) is 15.4. The van der Waals surface area contributed by atoms with Crippen molar-refractivity contribution in [3.63, 3.8) is 0 Å². The predicted octanol–water partition coefficient (Wildman–Crippen LogP) is 5.27. The van der Waals surface area contributed by atoms with Crippen LogP contribution in [0, 0.1) is 50.2 Å². The molecule has 13 atom stereocenters. The number of ether oxygens (including phenoxy) is 2. The van der Waals surface area contributed by atoms with Crippen LogP contribution in [0.3, 0.4) is 0 Å². The van der Waals surface area contributed by atoms with E-state index in [0.717, 1.165) is 44.9 Å². The van der Waals surface area contributed by atoms with Gasteiger partial charge in [0.1, 0.15) is 12.2 Å². The zero-order valence-electron chi connectivity index (χ0n) is 27.9. The molecule has 44 heavy (non-hydrogen) atoms. The molecule has 8 heteroatoms. The van der Waals surface area contributed by atoms with Crippen molar-refractivity contribution in [3.8, 4) is 0 Å². The van der Waals surface area contributed by atoms with Gasteiger partial charge in [-0.25, -0.2) is 0 Å². The Morgan fingerprint density at radius 1 is 0.977 bits per heavy atom. The van der Waals surface area contributed by atoms with Gasteiger partial charge in [0.05, 0.1) is 24.2 Å². The molecule has 0 aromatic heterocycles. The van der Waals surface area contributed by atoms with E-state index in [1.165, 1.54) is 5.57 Å². The van der Waals surface area contributed by atoms with Crippen molar-refractivity contribution in [1.82, 2.24) is 0 Å². The summed E-state index contributed by atoms with van der Waals surface area (Å²) in [7, 11) is 0. The van der Waals surface area contributed by atoms with Crippen LogP contribution in [0.5, 0.6) is 0 Å². The molecule has 0 unspecified atom stereocenters. The Balaban J connectivity index is 1.31. The smallest absolute Gasteiger partial charge is 0.309 e. The summed E-state index contributed by atoms with van der Waals surface area (Å²) in [6, 6.07) is 0. The Bertz CT molecular complexity index is 1230. The third kappa shape index (κ3) is 4.40. The Hall–Kier alpha value is -1.32. The van der Waals surface area contributed by atoms with Crippen molar-refractivity contribution < 1.29 is 39.5 Å². The highest BCUT2D eigenvalue weighted by Gasteiger charge is 2.70. The minimum absolute atomic E-state index is 0.0299. The fourth-order valence-corrected chi connectivity index (χ4v) is 11.9. The van der Waals surface area contributed by atoms with Gasteiger partial charge in [0, 0.05) is 12.3 Å². The lowest BCUT2D eigenvalue weighted by molar-refractivity contribution is -0.296. The largest absolute Gasteiger partial charge is 0.481 e. The van der Waals surface area contributed by atoms with Crippen LogP contribution in [0.4, 0.5) is 0 Å². The minimum atomic E-state index is -1.14.